The Morgan fingerprint density at radius 2 is 1.94 bits per heavy atom. The van der Waals surface area contributed by atoms with Gasteiger partial charge in [0.1, 0.15) is 0 Å². The lowest BCUT2D eigenvalue weighted by Gasteiger charge is -2.31. The molecule has 4 rings (SSSR count). The van der Waals surface area contributed by atoms with Gasteiger partial charge in [-0.15, -0.1) is 10.2 Å². The van der Waals surface area contributed by atoms with Gasteiger partial charge in [0.2, 0.25) is 5.91 Å². The van der Waals surface area contributed by atoms with E-state index in [0.717, 1.165) is 35.3 Å². The Morgan fingerprint density at radius 3 is 2.66 bits per heavy atom. The lowest BCUT2D eigenvalue weighted by Crippen LogP contribution is -2.37. The smallest absolute Gasteiger partial charge is 0.378 e. The summed E-state index contributed by atoms with van der Waals surface area (Å²) in [5.41, 5.74) is 1.50. The molecule has 0 bridgehead atoms. The molecule has 0 unspecified atom stereocenters. The largest absolute Gasteiger partial charge is 0.416 e. The molecule has 32 heavy (non-hydrogen) atoms. The summed E-state index contributed by atoms with van der Waals surface area (Å²) in [6.45, 7) is 5.73. The third kappa shape index (κ3) is 4.80. The van der Waals surface area contributed by atoms with Gasteiger partial charge < -0.3 is 15.0 Å². The van der Waals surface area contributed by atoms with Crippen LogP contribution in [0, 0.1) is 13.8 Å². The van der Waals surface area contributed by atoms with Gasteiger partial charge in [0.05, 0.1) is 35.9 Å². The number of halogens is 3. The Hall–Kier alpha value is -2.86. The second kappa shape index (κ2) is 8.94. The minimum atomic E-state index is -4.51. The number of fused-ring (bicyclic) bond motifs is 1. The van der Waals surface area contributed by atoms with E-state index in [4.69, 9.17) is 4.74 Å². The molecule has 1 aromatic carbocycles. The fraction of sp³-hybridized carbons (Fsp3) is 0.400. The zero-order valence-electron chi connectivity index (χ0n) is 17.4. The summed E-state index contributed by atoms with van der Waals surface area (Å²) in [6.07, 6.45) is -4.51. The van der Waals surface area contributed by atoms with Crippen molar-refractivity contribution in [2.45, 2.75) is 25.2 Å². The number of carbonyl (C=O) groups is 1. The SMILES string of the molecule is Cc1cc(C)n2c(SCC(=O)Nc3cc(C(F)(F)F)ccc3N3CCOCC3)nnc2n1. The number of thioether (sulfide) groups is 1. The molecule has 1 N–H and O–H groups in total. The summed E-state index contributed by atoms with van der Waals surface area (Å²) in [5, 5.41) is 11.2. The maximum atomic E-state index is 13.3. The first kappa shape index (κ1) is 22.3. The third-order valence-electron chi connectivity index (χ3n) is 4.95. The van der Waals surface area contributed by atoms with E-state index in [1.54, 1.807) is 4.40 Å². The van der Waals surface area contributed by atoms with Crippen LogP contribution in [-0.4, -0.2) is 57.5 Å². The van der Waals surface area contributed by atoms with E-state index in [1.807, 2.05) is 24.8 Å². The van der Waals surface area contributed by atoms with Crippen molar-refractivity contribution >= 4 is 34.8 Å². The molecule has 0 spiro atoms. The fourth-order valence-corrected chi connectivity index (χ4v) is 4.29. The van der Waals surface area contributed by atoms with Crippen LogP contribution in [0.25, 0.3) is 5.78 Å². The summed E-state index contributed by atoms with van der Waals surface area (Å²) in [4.78, 5) is 18.8. The number of anilines is 2. The molecule has 12 heteroatoms. The van der Waals surface area contributed by atoms with Gasteiger partial charge in [-0.2, -0.15) is 13.2 Å². The highest BCUT2D eigenvalue weighted by molar-refractivity contribution is 7.99. The Morgan fingerprint density at radius 1 is 1.19 bits per heavy atom. The van der Waals surface area contributed by atoms with E-state index >= 15 is 0 Å². The molecule has 0 radical (unpaired) electrons. The van der Waals surface area contributed by atoms with Crippen LogP contribution in [0.2, 0.25) is 0 Å². The molecule has 2 aromatic heterocycles. The second-order valence-corrected chi connectivity index (χ2v) is 8.27. The first-order valence-corrected chi connectivity index (χ1v) is 10.9. The van der Waals surface area contributed by atoms with Crippen molar-refractivity contribution in [1.29, 1.82) is 0 Å². The van der Waals surface area contributed by atoms with E-state index in [2.05, 4.69) is 20.5 Å². The van der Waals surface area contributed by atoms with Crippen LogP contribution in [0.3, 0.4) is 0 Å². The molecular weight excluding hydrogens is 445 g/mol. The van der Waals surface area contributed by atoms with Crippen LogP contribution in [0.4, 0.5) is 24.5 Å². The van der Waals surface area contributed by atoms with E-state index in [9.17, 15) is 18.0 Å². The molecule has 1 aliphatic rings. The number of nitrogens with one attached hydrogen (secondary N) is 1. The molecule has 1 saturated heterocycles. The summed E-state index contributed by atoms with van der Waals surface area (Å²) in [6, 6.07) is 5.25. The van der Waals surface area contributed by atoms with Crippen LogP contribution >= 0.6 is 11.8 Å². The highest BCUT2D eigenvalue weighted by Crippen LogP contribution is 2.36. The first-order valence-electron chi connectivity index (χ1n) is 9.88. The van der Waals surface area contributed by atoms with Crippen LogP contribution in [0.5, 0.6) is 0 Å². The van der Waals surface area contributed by atoms with Crippen molar-refractivity contribution in [2.75, 3.05) is 42.3 Å². The van der Waals surface area contributed by atoms with Crippen LogP contribution in [0.1, 0.15) is 17.0 Å². The number of hydrogen-bond donors (Lipinski definition) is 1. The third-order valence-corrected chi connectivity index (χ3v) is 5.87. The zero-order chi connectivity index (χ0) is 22.9. The topological polar surface area (TPSA) is 84.7 Å². The van der Waals surface area contributed by atoms with E-state index in [-0.39, 0.29) is 11.4 Å². The van der Waals surface area contributed by atoms with Crippen LogP contribution < -0.4 is 10.2 Å². The van der Waals surface area contributed by atoms with Crippen molar-refractivity contribution in [3.63, 3.8) is 0 Å². The lowest BCUT2D eigenvalue weighted by molar-refractivity contribution is -0.137. The predicted molar refractivity (Wildman–Crippen MR) is 114 cm³/mol. The molecule has 1 fully saturated rings. The number of hydrogen-bond acceptors (Lipinski definition) is 7. The number of aromatic nitrogens is 4. The number of morpholine rings is 1. The molecule has 0 aliphatic carbocycles. The van der Waals surface area contributed by atoms with Gasteiger partial charge in [-0.05, 0) is 38.1 Å². The molecule has 3 heterocycles. The van der Waals surface area contributed by atoms with Crippen molar-refractivity contribution in [2.24, 2.45) is 0 Å². The highest BCUT2D eigenvalue weighted by atomic mass is 32.2. The number of rotatable bonds is 5. The van der Waals surface area contributed by atoms with Crippen LogP contribution in [0.15, 0.2) is 29.4 Å². The Labute approximate surface area is 186 Å². The monoisotopic (exact) mass is 466 g/mol. The summed E-state index contributed by atoms with van der Waals surface area (Å²) >= 11 is 1.14. The molecular formula is C20H21F3N6O2S. The minimum Gasteiger partial charge on any atom is -0.378 e. The highest BCUT2D eigenvalue weighted by Gasteiger charge is 2.32. The van der Waals surface area contributed by atoms with Crippen LogP contribution in [-0.2, 0) is 15.7 Å². The predicted octanol–water partition coefficient (Wildman–Crippen LogP) is 3.33. The van der Waals surface area contributed by atoms with Gasteiger partial charge in [-0.25, -0.2) is 4.98 Å². The quantitative estimate of drug-likeness (QED) is 0.578. The van der Waals surface area contributed by atoms with Gasteiger partial charge in [-0.3, -0.25) is 9.20 Å². The lowest BCUT2D eigenvalue weighted by atomic mass is 10.1. The van der Waals surface area contributed by atoms with Crippen molar-refractivity contribution in [1.82, 2.24) is 19.6 Å². The van der Waals surface area contributed by atoms with Gasteiger partial charge in [0.15, 0.2) is 5.16 Å². The second-order valence-electron chi connectivity index (χ2n) is 7.32. The van der Waals surface area contributed by atoms with Crippen molar-refractivity contribution in [3.05, 3.63) is 41.2 Å². The van der Waals surface area contributed by atoms with E-state index < -0.39 is 17.6 Å². The first-order chi connectivity index (χ1) is 15.2. The molecule has 0 saturated carbocycles. The number of aryl methyl sites for hydroxylation is 2. The Kier molecular flexibility index (Phi) is 6.24. The number of carbonyl (C=O) groups excluding carboxylic acids is 1. The number of ether oxygens (including phenoxy) is 1. The molecule has 1 aliphatic heterocycles. The zero-order valence-corrected chi connectivity index (χ0v) is 18.3. The minimum absolute atomic E-state index is 0.0487. The maximum Gasteiger partial charge on any atom is 0.416 e. The maximum absolute atomic E-state index is 13.3. The standard InChI is InChI=1S/C20H21F3N6O2S/c1-12-9-13(2)29-18(24-12)26-27-19(29)32-11-17(30)25-15-10-14(20(21,22)23)3-4-16(15)28-5-7-31-8-6-28/h3-4,9-10H,5-8,11H2,1-2H3,(H,25,30). The molecule has 8 nitrogen and oxygen atoms in total. The summed E-state index contributed by atoms with van der Waals surface area (Å²) in [7, 11) is 0. The molecule has 0 atom stereocenters. The van der Waals surface area contributed by atoms with Crippen molar-refractivity contribution < 1.29 is 22.7 Å². The number of benzene rings is 1. The Bertz CT molecular complexity index is 1140. The molecule has 1 amide bonds. The van der Waals surface area contributed by atoms with Gasteiger partial charge in [0, 0.05) is 24.5 Å². The Balaban J connectivity index is 1.53. The van der Waals surface area contributed by atoms with Gasteiger partial charge >= 0.3 is 6.18 Å². The average molecular weight is 466 g/mol. The number of alkyl halides is 3. The fourth-order valence-electron chi connectivity index (χ4n) is 3.50. The van der Waals surface area contributed by atoms with Crippen molar-refractivity contribution in [3.8, 4) is 0 Å². The molecule has 3 aromatic rings. The molecule has 170 valence electrons. The van der Waals surface area contributed by atoms with Gasteiger partial charge in [0.25, 0.3) is 5.78 Å². The van der Waals surface area contributed by atoms with E-state index in [0.29, 0.717) is 42.9 Å². The average Bonchev–Trinajstić information content (AvgIpc) is 3.15. The normalized spacial score (nSPS) is 14.7. The number of nitrogens with zero attached hydrogens (tertiary/aromatic N) is 5. The van der Waals surface area contributed by atoms with E-state index in [1.165, 1.54) is 6.07 Å². The summed E-state index contributed by atoms with van der Waals surface area (Å²) in [5.74, 6) is -0.0661. The number of amides is 1. The van der Waals surface area contributed by atoms with Gasteiger partial charge in [-0.1, -0.05) is 11.8 Å². The summed E-state index contributed by atoms with van der Waals surface area (Å²) < 4.78 is 46.8.